The van der Waals surface area contributed by atoms with Gasteiger partial charge < -0.3 is 90.1 Å². The Hall–Kier alpha value is 1.82. The Kier molecular flexibility index (Phi) is 106. The molecule has 0 rings (SSSR count). The molecule has 20 heavy (non-hydrogen) atoms. The maximum atomic E-state index is 8.70. The zero-order valence-electron chi connectivity index (χ0n) is 9.73. The molecule has 0 N–H and O–H groups in total. The second kappa shape index (κ2) is 42.8. The monoisotopic (exact) mass is 400 g/mol. The van der Waals surface area contributed by atoms with Gasteiger partial charge in [0.2, 0.25) is 0 Å². The molecule has 0 aliphatic rings. The molecule has 0 radical (unpaired) electrons. The van der Waals surface area contributed by atoms with Crippen LogP contribution < -0.4 is 20.4 Å². The first-order valence-electron chi connectivity index (χ1n) is 2.45. The molecule has 0 spiro atoms. The normalized spacial score (nSPS) is 4.80. The molecule has 0 saturated carbocycles. The van der Waals surface area contributed by atoms with Crippen LogP contribution in [0, 0.1) is 0 Å². The minimum absolute atomic E-state index is 0. The molecule has 0 aromatic heterocycles. The first kappa shape index (κ1) is 49.5. The number of hydrogen-bond donors (Lipinski definition) is 0. The van der Waals surface area contributed by atoms with Gasteiger partial charge in [0.05, 0.1) is 0 Å². The van der Waals surface area contributed by atoms with Crippen molar-refractivity contribution in [3.63, 3.8) is 0 Å². The summed E-state index contributed by atoms with van der Waals surface area (Å²) in [5.74, 6) is 0. The number of rotatable bonds is 0. The molecule has 0 aromatic carbocycles. The summed E-state index contributed by atoms with van der Waals surface area (Å²) < 4.78 is 0. The molecule has 0 saturated heterocycles. The van der Waals surface area contributed by atoms with E-state index in [-0.39, 0.29) is 92.2 Å². The van der Waals surface area contributed by atoms with E-state index in [1.54, 1.807) is 0 Å². The number of carbonyl (C=O) groups is 4. The van der Waals surface area contributed by atoms with Gasteiger partial charge in [0.15, 0.2) is 0 Å². The van der Waals surface area contributed by atoms with Crippen molar-refractivity contribution in [1.82, 2.24) is 0 Å². The molecular weight excluding hydrogens is 402 g/mol. The summed E-state index contributed by atoms with van der Waals surface area (Å²) in [4.78, 5) is 34.8. The van der Waals surface area contributed by atoms with Gasteiger partial charge in [-0.15, -0.1) is 0 Å². The van der Waals surface area contributed by atoms with Crippen molar-refractivity contribution in [1.29, 1.82) is 0 Å². The Morgan fingerprint density at radius 3 is 0.450 bits per heavy atom. The molecule has 0 aromatic rings. The van der Waals surface area contributed by atoms with E-state index in [0.29, 0.717) is 0 Å². The molecule has 0 bridgehead atoms. The van der Waals surface area contributed by atoms with Crippen molar-refractivity contribution in [3.05, 3.63) is 0 Å². The standard InChI is InChI=1S/4CH2O2S.4Mg/c4*2-1(3)4;;;;/h4*4H,(H,2,3);;;;/q;;;;4*+2/p-8. The predicted molar refractivity (Wildman–Crippen MR) is 74.1 cm³/mol. The van der Waals surface area contributed by atoms with Crippen LogP contribution in [0.5, 0.6) is 0 Å². The molecule has 0 heterocycles. The quantitative estimate of drug-likeness (QED) is 0.279. The van der Waals surface area contributed by atoms with Crippen LogP contribution >= 0.6 is 0 Å². The van der Waals surface area contributed by atoms with Crippen molar-refractivity contribution < 1.29 is 39.6 Å². The average Bonchev–Trinajstić information content (AvgIpc) is 1.76. The fourth-order valence-corrected chi connectivity index (χ4v) is 0. The Morgan fingerprint density at radius 2 is 0.450 bits per heavy atom. The van der Waals surface area contributed by atoms with Gasteiger partial charge in [-0.25, -0.2) is 0 Å². The fraction of sp³-hybridized carbons (Fsp3) is 0. The van der Waals surface area contributed by atoms with Crippen LogP contribution in [0.2, 0.25) is 0 Å². The SMILES string of the molecule is O=C([O-])[S-].O=C([O-])[S-].O=C([O-])[S-].O=C([O-])[S-].[Mg+2].[Mg+2].[Mg+2].[Mg+2]. The van der Waals surface area contributed by atoms with Crippen LogP contribution in [0.1, 0.15) is 0 Å². The molecule has 0 aliphatic heterocycles. The molecule has 0 amide bonds. The number of carbonyl (C=O) groups excluding carboxylic acids is 4. The van der Waals surface area contributed by atoms with Crippen LogP contribution in [0.4, 0.5) is 19.2 Å². The summed E-state index contributed by atoms with van der Waals surface area (Å²) >= 11 is 13.7. The summed E-state index contributed by atoms with van der Waals surface area (Å²) in [5, 5.41) is 28.8. The minimum atomic E-state index is -1.50. The summed E-state index contributed by atoms with van der Waals surface area (Å²) in [6.07, 6.45) is 0. The first-order valence-corrected chi connectivity index (χ1v) is 4.08. The van der Waals surface area contributed by atoms with Crippen molar-refractivity contribution in [2.75, 3.05) is 0 Å². The minimum Gasteiger partial charge on any atom is -0.764 e. The zero-order valence-corrected chi connectivity index (χ0v) is 18.7. The van der Waals surface area contributed by atoms with Crippen molar-refractivity contribution in [2.24, 2.45) is 0 Å². The third kappa shape index (κ3) is 2110. The van der Waals surface area contributed by atoms with E-state index in [9.17, 15) is 0 Å². The van der Waals surface area contributed by atoms with E-state index in [2.05, 4.69) is 50.5 Å². The van der Waals surface area contributed by atoms with Gasteiger partial charge >= 0.3 is 92.2 Å². The van der Waals surface area contributed by atoms with Crippen LogP contribution in [0.3, 0.4) is 0 Å². The molecule has 0 aliphatic carbocycles. The zero-order chi connectivity index (χ0) is 14.3. The Labute approximate surface area is 200 Å². The number of carboxylic acid groups (broad SMARTS) is 4. The second-order valence-corrected chi connectivity index (χ2v) is 2.33. The predicted octanol–water partition coefficient (Wildman–Crippen LogP) is -6.02. The van der Waals surface area contributed by atoms with Crippen LogP contribution in [0.15, 0.2) is 0 Å². The maximum absolute atomic E-state index is 8.70. The average molecular weight is 402 g/mol. The molecular formula is C4Mg4O8S4. The van der Waals surface area contributed by atoms with Crippen LogP contribution in [0.25, 0.3) is 0 Å². The number of hydrogen-bond acceptors (Lipinski definition) is 12. The van der Waals surface area contributed by atoms with E-state index < -0.39 is 21.2 Å². The van der Waals surface area contributed by atoms with Crippen molar-refractivity contribution >= 4 is 164 Å². The Morgan fingerprint density at radius 1 is 0.450 bits per heavy atom. The van der Waals surface area contributed by atoms with Gasteiger partial charge in [-0.3, -0.25) is 0 Å². The second-order valence-electron chi connectivity index (χ2n) is 1.00. The van der Waals surface area contributed by atoms with Gasteiger partial charge in [-0.1, -0.05) is 21.2 Å². The Bertz CT molecular complexity index is 179. The van der Waals surface area contributed by atoms with Gasteiger partial charge in [0.1, 0.15) is 0 Å². The maximum Gasteiger partial charge on any atom is 2.00 e. The van der Waals surface area contributed by atoms with Crippen LogP contribution in [-0.2, 0) is 50.5 Å². The smallest absolute Gasteiger partial charge is 0.764 e. The summed E-state index contributed by atoms with van der Waals surface area (Å²) in [6, 6.07) is 0. The summed E-state index contributed by atoms with van der Waals surface area (Å²) in [7, 11) is 0. The van der Waals surface area contributed by atoms with E-state index in [4.69, 9.17) is 39.6 Å². The van der Waals surface area contributed by atoms with E-state index in [1.807, 2.05) is 0 Å². The molecule has 0 fully saturated rings. The van der Waals surface area contributed by atoms with Gasteiger partial charge in [-0.05, 0) is 0 Å². The molecule has 16 heteroatoms. The van der Waals surface area contributed by atoms with Crippen molar-refractivity contribution in [2.45, 2.75) is 0 Å². The van der Waals surface area contributed by atoms with Gasteiger partial charge in [0, 0.05) is 0 Å². The molecule has 8 nitrogen and oxygen atoms in total. The molecule has 96 valence electrons. The fourth-order valence-electron chi connectivity index (χ4n) is 0. The largest absolute Gasteiger partial charge is 2.00 e. The van der Waals surface area contributed by atoms with E-state index in [0.717, 1.165) is 0 Å². The summed E-state index contributed by atoms with van der Waals surface area (Å²) in [6.45, 7) is 0. The Balaban J connectivity index is -0.0000000150. The molecule has 0 atom stereocenters. The topological polar surface area (TPSA) is 161 Å². The first-order chi connectivity index (χ1) is 6.93. The van der Waals surface area contributed by atoms with Crippen LogP contribution in [-0.4, -0.2) is 113 Å². The third-order valence-corrected chi connectivity index (χ3v) is 0. The van der Waals surface area contributed by atoms with Crippen molar-refractivity contribution in [3.8, 4) is 0 Å². The summed E-state index contributed by atoms with van der Waals surface area (Å²) in [5.41, 5.74) is 0. The molecule has 0 unspecified atom stereocenters. The van der Waals surface area contributed by atoms with E-state index in [1.165, 1.54) is 0 Å². The van der Waals surface area contributed by atoms with E-state index >= 15 is 0 Å². The van der Waals surface area contributed by atoms with Gasteiger partial charge in [-0.2, -0.15) is 0 Å². The van der Waals surface area contributed by atoms with Gasteiger partial charge in [0.25, 0.3) is 0 Å². The third-order valence-electron chi connectivity index (χ3n) is 0.